The van der Waals surface area contributed by atoms with Crippen LogP contribution in [0.4, 0.5) is 0 Å². The highest BCUT2D eigenvalue weighted by atomic mass is 35.5. The number of fused-ring (bicyclic) bond motifs is 1. The Labute approximate surface area is 167 Å². The second-order valence-electron chi connectivity index (χ2n) is 7.00. The minimum atomic E-state index is -0.778. The van der Waals surface area contributed by atoms with Crippen molar-refractivity contribution in [3.8, 4) is 5.88 Å². The quantitative estimate of drug-likeness (QED) is 0.664. The van der Waals surface area contributed by atoms with E-state index in [9.17, 15) is 4.79 Å². The molecule has 1 aliphatic heterocycles. The van der Waals surface area contributed by atoms with Gasteiger partial charge in [0.2, 0.25) is 5.88 Å². The maximum Gasteiger partial charge on any atom is 0.317 e. The molecule has 6 nitrogen and oxygen atoms in total. The molecule has 1 aliphatic rings. The van der Waals surface area contributed by atoms with E-state index in [1.807, 2.05) is 41.3 Å². The van der Waals surface area contributed by atoms with Gasteiger partial charge in [-0.15, -0.1) is 0 Å². The monoisotopic (exact) mass is 400 g/mol. The largest absolute Gasteiger partial charge is 0.480 e. The van der Waals surface area contributed by atoms with Crippen LogP contribution in [0.2, 0.25) is 5.02 Å². The fourth-order valence-corrected chi connectivity index (χ4v) is 3.88. The van der Waals surface area contributed by atoms with Crippen molar-refractivity contribution in [2.45, 2.75) is 25.4 Å². The second kappa shape index (κ2) is 8.20. The molecule has 0 saturated carbocycles. The minimum absolute atomic E-state index is 0.103. The van der Waals surface area contributed by atoms with E-state index in [1.165, 1.54) is 0 Å². The Kier molecular flexibility index (Phi) is 5.50. The van der Waals surface area contributed by atoms with Gasteiger partial charge < -0.3 is 14.3 Å². The summed E-state index contributed by atoms with van der Waals surface area (Å²) in [6, 6.07) is 11.4. The first-order valence-corrected chi connectivity index (χ1v) is 9.66. The standard InChI is InChI=1S/C21H21ClN2O4/c22-17-5-4-15(21-16(17)8-11-27-21)13-28-19-3-1-2-18(23-19)14-6-9-24(10-7-14)12-20(25)26/h1-5,8,11,14H,6-7,9-10,12-13H2,(H,25,26). The number of hydrogen-bond acceptors (Lipinski definition) is 5. The van der Waals surface area contributed by atoms with E-state index in [4.69, 9.17) is 25.9 Å². The molecule has 1 aromatic carbocycles. The summed E-state index contributed by atoms with van der Waals surface area (Å²) < 4.78 is 11.5. The molecule has 0 atom stereocenters. The number of likely N-dealkylation sites (tertiary alicyclic amines) is 1. The molecule has 28 heavy (non-hydrogen) atoms. The molecular weight excluding hydrogens is 380 g/mol. The molecule has 4 rings (SSSR count). The summed E-state index contributed by atoms with van der Waals surface area (Å²) in [4.78, 5) is 17.5. The Bertz CT molecular complexity index is 979. The number of hydrogen-bond donors (Lipinski definition) is 1. The van der Waals surface area contributed by atoms with Crippen LogP contribution in [-0.4, -0.2) is 40.6 Å². The lowest BCUT2D eigenvalue weighted by Crippen LogP contribution is -2.36. The van der Waals surface area contributed by atoms with Crippen LogP contribution < -0.4 is 4.74 Å². The van der Waals surface area contributed by atoms with Crippen molar-refractivity contribution >= 4 is 28.5 Å². The van der Waals surface area contributed by atoms with Crippen LogP contribution >= 0.6 is 11.6 Å². The number of furan rings is 1. The molecular formula is C21H21ClN2O4. The summed E-state index contributed by atoms with van der Waals surface area (Å²) in [6.45, 7) is 1.98. The lowest BCUT2D eigenvalue weighted by Gasteiger charge is -2.30. The Hall–Kier alpha value is -2.57. The van der Waals surface area contributed by atoms with Crippen molar-refractivity contribution in [1.29, 1.82) is 0 Å². The van der Waals surface area contributed by atoms with Crippen LogP contribution in [0.15, 0.2) is 47.1 Å². The van der Waals surface area contributed by atoms with Gasteiger partial charge in [0.05, 0.1) is 17.8 Å². The van der Waals surface area contributed by atoms with E-state index in [-0.39, 0.29) is 6.54 Å². The SMILES string of the molecule is O=C(O)CN1CCC(c2cccc(OCc3ccc(Cl)c4ccoc34)n2)CC1. The number of rotatable bonds is 6. The van der Waals surface area contributed by atoms with Gasteiger partial charge in [0, 0.05) is 28.6 Å². The summed E-state index contributed by atoms with van der Waals surface area (Å²) in [5.74, 6) is 0.112. The summed E-state index contributed by atoms with van der Waals surface area (Å²) in [5, 5.41) is 10.4. The predicted molar refractivity (Wildman–Crippen MR) is 106 cm³/mol. The third kappa shape index (κ3) is 4.13. The topological polar surface area (TPSA) is 75.8 Å². The van der Waals surface area contributed by atoms with Crippen molar-refractivity contribution in [1.82, 2.24) is 9.88 Å². The van der Waals surface area contributed by atoms with Gasteiger partial charge in [-0.3, -0.25) is 9.69 Å². The first-order valence-electron chi connectivity index (χ1n) is 9.28. The van der Waals surface area contributed by atoms with Crippen LogP contribution in [-0.2, 0) is 11.4 Å². The molecule has 0 unspecified atom stereocenters. The van der Waals surface area contributed by atoms with Crippen LogP contribution in [0.1, 0.15) is 30.0 Å². The smallest absolute Gasteiger partial charge is 0.317 e. The summed E-state index contributed by atoms with van der Waals surface area (Å²) in [7, 11) is 0. The molecule has 3 heterocycles. The number of carboxylic acid groups (broad SMARTS) is 1. The van der Waals surface area contributed by atoms with Gasteiger partial charge in [-0.2, -0.15) is 0 Å². The second-order valence-corrected chi connectivity index (χ2v) is 7.41. The third-order valence-corrected chi connectivity index (χ3v) is 5.46. The molecule has 1 N–H and O–H groups in total. The maximum absolute atomic E-state index is 10.9. The van der Waals surface area contributed by atoms with Crippen LogP contribution in [0.3, 0.4) is 0 Å². The van der Waals surface area contributed by atoms with E-state index in [1.54, 1.807) is 6.26 Å². The number of pyridine rings is 1. The van der Waals surface area contributed by atoms with Crippen molar-refractivity contribution in [3.05, 3.63) is 58.9 Å². The Morgan fingerprint density at radius 1 is 1.25 bits per heavy atom. The predicted octanol–water partition coefficient (Wildman–Crippen LogP) is 4.32. The molecule has 0 bridgehead atoms. The van der Waals surface area contributed by atoms with Gasteiger partial charge in [0.25, 0.3) is 0 Å². The van der Waals surface area contributed by atoms with E-state index in [2.05, 4.69) is 4.98 Å². The highest BCUT2D eigenvalue weighted by molar-refractivity contribution is 6.35. The van der Waals surface area contributed by atoms with E-state index in [0.29, 0.717) is 23.4 Å². The number of piperidine rings is 1. The van der Waals surface area contributed by atoms with Crippen molar-refractivity contribution in [3.63, 3.8) is 0 Å². The molecule has 3 aromatic rings. The molecule has 0 spiro atoms. The van der Waals surface area contributed by atoms with Gasteiger partial charge in [-0.25, -0.2) is 4.98 Å². The molecule has 0 amide bonds. The van der Waals surface area contributed by atoms with Gasteiger partial charge in [0.15, 0.2) is 0 Å². The average molecular weight is 401 g/mol. The number of ether oxygens (including phenoxy) is 1. The van der Waals surface area contributed by atoms with Crippen LogP contribution in [0.5, 0.6) is 5.88 Å². The number of aliphatic carboxylic acids is 1. The van der Waals surface area contributed by atoms with Crippen molar-refractivity contribution < 1.29 is 19.1 Å². The fraction of sp³-hybridized carbons (Fsp3) is 0.333. The van der Waals surface area contributed by atoms with Crippen LogP contribution in [0, 0.1) is 0 Å². The number of halogens is 1. The fourth-order valence-electron chi connectivity index (χ4n) is 3.67. The average Bonchev–Trinajstić information content (AvgIpc) is 3.19. The first-order chi connectivity index (χ1) is 13.6. The summed E-state index contributed by atoms with van der Waals surface area (Å²) in [6.07, 6.45) is 3.41. The van der Waals surface area contributed by atoms with E-state index >= 15 is 0 Å². The zero-order valence-corrected chi connectivity index (χ0v) is 16.1. The lowest BCUT2D eigenvalue weighted by atomic mass is 9.93. The number of aromatic nitrogens is 1. The van der Waals surface area contributed by atoms with Crippen LogP contribution in [0.25, 0.3) is 11.0 Å². The summed E-state index contributed by atoms with van der Waals surface area (Å²) >= 11 is 6.18. The molecule has 146 valence electrons. The Morgan fingerprint density at radius 2 is 2.07 bits per heavy atom. The number of carboxylic acids is 1. The number of carbonyl (C=O) groups is 1. The normalized spacial score (nSPS) is 15.8. The Morgan fingerprint density at radius 3 is 2.86 bits per heavy atom. The zero-order valence-electron chi connectivity index (χ0n) is 15.3. The summed E-state index contributed by atoms with van der Waals surface area (Å²) in [5.41, 5.74) is 2.64. The minimum Gasteiger partial charge on any atom is -0.480 e. The zero-order chi connectivity index (χ0) is 19.5. The number of nitrogens with zero attached hydrogens (tertiary/aromatic N) is 2. The molecule has 7 heteroatoms. The van der Waals surface area contributed by atoms with Gasteiger partial charge in [-0.05, 0) is 44.1 Å². The molecule has 2 aromatic heterocycles. The molecule has 0 aliphatic carbocycles. The highest BCUT2D eigenvalue weighted by Crippen LogP contribution is 2.30. The van der Waals surface area contributed by atoms with E-state index in [0.717, 1.165) is 48.2 Å². The van der Waals surface area contributed by atoms with Crippen molar-refractivity contribution in [2.75, 3.05) is 19.6 Å². The maximum atomic E-state index is 10.9. The van der Waals surface area contributed by atoms with Crippen molar-refractivity contribution in [2.24, 2.45) is 0 Å². The van der Waals surface area contributed by atoms with Gasteiger partial charge in [-0.1, -0.05) is 23.7 Å². The molecule has 1 saturated heterocycles. The first kappa shape index (κ1) is 18.8. The Balaban J connectivity index is 1.41. The third-order valence-electron chi connectivity index (χ3n) is 5.13. The lowest BCUT2D eigenvalue weighted by molar-refractivity contribution is -0.138. The van der Waals surface area contributed by atoms with E-state index < -0.39 is 5.97 Å². The van der Waals surface area contributed by atoms with Gasteiger partial charge in [0.1, 0.15) is 12.2 Å². The highest BCUT2D eigenvalue weighted by Gasteiger charge is 2.23. The van der Waals surface area contributed by atoms with Gasteiger partial charge >= 0.3 is 5.97 Å². The molecule has 1 fully saturated rings. The molecule has 0 radical (unpaired) electrons. The number of benzene rings is 1.